The maximum absolute atomic E-state index is 12.0. The summed E-state index contributed by atoms with van der Waals surface area (Å²) in [6, 6.07) is 7.89. The quantitative estimate of drug-likeness (QED) is 0.768. The molecule has 20 heavy (non-hydrogen) atoms. The number of rotatable bonds is 8. The molecule has 0 spiro atoms. The molecule has 1 amide bonds. The Morgan fingerprint density at radius 2 is 2.05 bits per heavy atom. The predicted octanol–water partition coefficient (Wildman–Crippen LogP) is 2.78. The van der Waals surface area contributed by atoms with Gasteiger partial charge in [0.15, 0.2) is 0 Å². The standard InChI is InChI=1S/C16H26N2O2/c1-4-14(18-16(19)11-10-12(3)17)13-8-6-7-9-15(13)20-5-2/h6-9,12,14H,4-5,10-11,17H2,1-3H3,(H,18,19). The number of carbonyl (C=O) groups is 1. The molecule has 0 aliphatic heterocycles. The number of carbonyl (C=O) groups excluding carboxylic acids is 1. The van der Waals surface area contributed by atoms with Crippen LogP contribution in [0.1, 0.15) is 51.6 Å². The first-order chi connectivity index (χ1) is 9.58. The minimum atomic E-state index is -0.0154. The van der Waals surface area contributed by atoms with Crippen molar-refractivity contribution in [3.63, 3.8) is 0 Å². The van der Waals surface area contributed by atoms with Gasteiger partial charge in [0.25, 0.3) is 0 Å². The molecular formula is C16H26N2O2. The number of ether oxygens (including phenoxy) is 1. The summed E-state index contributed by atoms with van der Waals surface area (Å²) in [5.74, 6) is 0.884. The van der Waals surface area contributed by atoms with Crippen LogP contribution in [-0.4, -0.2) is 18.6 Å². The van der Waals surface area contributed by atoms with Gasteiger partial charge in [-0.15, -0.1) is 0 Å². The van der Waals surface area contributed by atoms with Crippen LogP contribution in [0.15, 0.2) is 24.3 Å². The fourth-order valence-electron chi connectivity index (χ4n) is 2.08. The van der Waals surface area contributed by atoms with Gasteiger partial charge in [0, 0.05) is 18.0 Å². The highest BCUT2D eigenvalue weighted by molar-refractivity contribution is 5.76. The third kappa shape index (κ3) is 5.21. The normalized spacial score (nSPS) is 13.6. The average molecular weight is 278 g/mol. The van der Waals surface area contributed by atoms with E-state index in [-0.39, 0.29) is 18.0 Å². The van der Waals surface area contributed by atoms with Gasteiger partial charge in [0.1, 0.15) is 5.75 Å². The summed E-state index contributed by atoms with van der Waals surface area (Å²) in [6.07, 6.45) is 1.99. The molecule has 4 nitrogen and oxygen atoms in total. The van der Waals surface area contributed by atoms with Gasteiger partial charge >= 0.3 is 0 Å². The predicted molar refractivity (Wildman–Crippen MR) is 81.7 cm³/mol. The van der Waals surface area contributed by atoms with Crippen molar-refractivity contribution in [2.75, 3.05) is 6.61 Å². The van der Waals surface area contributed by atoms with E-state index >= 15 is 0 Å². The topological polar surface area (TPSA) is 64.3 Å². The molecule has 0 fully saturated rings. The van der Waals surface area contributed by atoms with Crippen LogP contribution in [0, 0.1) is 0 Å². The van der Waals surface area contributed by atoms with Crippen molar-refractivity contribution in [1.82, 2.24) is 5.32 Å². The van der Waals surface area contributed by atoms with Crippen molar-refractivity contribution in [3.8, 4) is 5.75 Å². The Morgan fingerprint density at radius 1 is 1.35 bits per heavy atom. The average Bonchev–Trinajstić information content (AvgIpc) is 2.44. The maximum Gasteiger partial charge on any atom is 0.220 e. The molecule has 1 rings (SSSR count). The lowest BCUT2D eigenvalue weighted by Crippen LogP contribution is -2.29. The minimum Gasteiger partial charge on any atom is -0.494 e. The van der Waals surface area contributed by atoms with Crippen molar-refractivity contribution in [2.45, 2.75) is 52.1 Å². The molecule has 0 aliphatic rings. The first-order valence-electron chi connectivity index (χ1n) is 7.35. The zero-order valence-corrected chi connectivity index (χ0v) is 12.7. The number of hydrogen-bond donors (Lipinski definition) is 2. The van der Waals surface area contributed by atoms with Crippen molar-refractivity contribution in [2.24, 2.45) is 5.73 Å². The first kappa shape index (κ1) is 16.5. The van der Waals surface area contributed by atoms with Crippen LogP contribution in [0.3, 0.4) is 0 Å². The number of para-hydroxylation sites is 1. The van der Waals surface area contributed by atoms with E-state index in [0.717, 1.165) is 17.7 Å². The second kappa shape index (κ2) is 8.59. The highest BCUT2D eigenvalue weighted by Gasteiger charge is 2.16. The molecule has 112 valence electrons. The first-order valence-corrected chi connectivity index (χ1v) is 7.35. The van der Waals surface area contributed by atoms with Crippen LogP contribution in [0.25, 0.3) is 0 Å². The molecule has 0 saturated carbocycles. The SMILES string of the molecule is CCOc1ccccc1C(CC)NC(=O)CCC(C)N. The van der Waals surface area contributed by atoms with Gasteiger partial charge in [-0.3, -0.25) is 4.79 Å². The molecule has 0 aromatic heterocycles. The van der Waals surface area contributed by atoms with Crippen molar-refractivity contribution in [3.05, 3.63) is 29.8 Å². The van der Waals surface area contributed by atoms with Gasteiger partial charge in [0.05, 0.1) is 12.6 Å². The summed E-state index contributed by atoms with van der Waals surface area (Å²) in [5.41, 5.74) is 6.71. The third-order valence-corrected chi connectivity index (χ3v) is 3.16. The van der Waals surface area contributed by atoms with E-state index in [9.17, 15) is 4.79 Å². The fourth-order valence-corrected chi connectivity index (χ4v) is 2.08. The van der Waals surface area contributed by atoms with Crippen molar-refractivity contribution in [1.29, 1.82) is 0 Å². The largest absolute Gasteiger partial charge is 0.494 e. The molecule has 1 aromatic carbocycles. The van der Waals surface area contributed by atoms with Crippen molar-refractivity contribution >= 4 is 5.91 Å². The molecule has 0 heterocycles. The van der Waals surface area contributed by atoms with E-state index in [1.807, 2.05) is 38.1 Å². The Bertz CT molecular complexity index is 419. The summed E-state index contributed by atoms with van der Waals surface area (Å²) in [6.45, 7) is 6.54. The molecule has 0 saturated heterocycles. The fraction of sp³-hybridized carbons (Fsp3) is 0.562. The number of nitrogens with two attached hydrogens (primary N) is 1. The van der Waals surface area contributed by atoms with E-state index in [1.165, 1.54) is 0 Å². The molecule has 1 aromatic rings. The molecule has 0 radical (unpaired) electrons. The third-order valence-electron chi connectivity index (χ3n) is 3.16. The van der Waals surface area contributed by atoms with E-state index in [4.69, 9.17) is 10.5 Å². The second-order valence-corrected chi connectivity index (χ2v) is 5.02. The second-order valence-electron chi connectivity index (χ2n) is 5.02. The zero-order valence-electron chi connectivity index (χ0n) is 12.7. The minimum absolute atomic E-state index is 0.0154. The Morgan fingerprint density at radius 3 is 2.65 bits per heavy atom. The molecule has 4 heteroatoms. The lowest BCUT2D eigenvalue weighted by molar-refractivity contribution is -0.122. The van der Waals surface area contributed by atoms with Crippen LogP contribution in [-0.2, 0) is 4.79 Å². The van der Waals surface area contributed by atoms with Gasteiger partial charge < -0.3 is 15.8 Å². The van der Waals surface area contributed by atoms with Crippen LogP contribution >= 0.6 is 0 Å². The Kier molecular flexibility index (Phi) is 7.09. The maximum atomic E-state index is 12.0. The van der Waals surface area contributed by atoms with Crippen LogP contribution in [0.2, 0.25) is 0 Å². The zero-order chi connectivity index (χ0) is 15.0. The van der Waals surface area contributed by atoms with E-state index in [0.29, 0.717) is 19.4 Å². The number of benzene rings is 1. The Balaban J connectivity index is 2.73. The molecular weight excluding hydrogens is 252 g/mol. The number of hydrogen-bond acceptors (Lipinski definition) is 3. The van der Waals surface area contributed by atoms with Gasteiger partial charge in [-0.25, -0.2) is 0 Å². The number of amides is 1. The monoisotopic (exact) mass is 278 g/mol. The summed E-state index contributed by atoms with van der Waals surface area (Å²) in [7, 11) is 0. The number of nitrogens with one attached hydrogen (secondary N) is 1. The van der Waals surface area contributed by atoms with E-state index < -0.39 is 0 Å². The smallest absolute Gasteiger partial charge is 0.220 e. The summed E-state index contributed by atoms with van der Waals surface area (Å²) in [5, 5.41) is 3.06. The molecule has 0 bridgehead atoms. The molecule has 0 aliphatic carbocycles. The van der Waals surface area contributed by atoms with Gasteiger partial charge in [-0.05, 0) is 32.8 Å². The van der Waals surface area contributed by atoms with Crippen LogP contribution in [0.5, 0.6) is 5.75 Å². The van der Waals surface area contributed by atoms with Gasteiger partial charge in [-0.1, -0.05) is 25.1 Å². The summed E-state index contributed by atoms with van der Waals surface area (Å²) in [4.78, 5) is 12.0. The van der Waals surface area contributed by atoms with Crippen LogP contribution < -0.4 is 15.8 Å². The summed E-state index contributed by atoms with van der Waals surface area (Å²) >= 11 is 0. The van der Waals surface area contributed by atoms with E-state index in [1.54, 1.807) is 0 Å². The Labute approximate surface area is 121 Å². The molecule has 2 atom stereocenters. The van der Waals surface area contributed by atoms with E-state index in [2.05, 4.69) is 12.2 Å². The Hall–Kier alpha value is -1.55. The van der Waals surface area contributed by atoms with Crippen LogP contribution in [0.4, 0.5) is 0 Å². The van der Waals surface area contributed by atoms with Crippen molar-refractivity contribution < 1.29 is 9.53 Å². The molecule has 3 N–H and O–H groups in total. The lowest BCUT2D eigenvalue weighted by atomic mass is 10.0. The molecule has 2 unspecified atom stereocenters. The van der Waals surface area contributed by atoms with Gasteiger partial charge in [0.2, 0.25) is 5.91 Å². The lowest BCUT2D eigenvalue weighted by Gasteiger charge is -2.20. The highest BCUT2D eigenvalue weighted by Crippen LogP contribution is 2.27. The summed E-state index contributed by atoms with van der Waals surface area (Å²) < 4.78 is 5.63. The van der Waals surface area contributed by atoms with Gasteiger partial charge in [-0.2, -0.15) is 0 Å². The highest BCUT2D eigenvalue weighted by atomic mass is 16.5.